The average Bonchev–Trinajstić information content (AvgIpc) is 2.44. The number of carbonyl (C=O) groups is 1. The molecule has 0 aromatic carbocycles. The smallest absolute Gasteiger partial charge is 0.306 e. The van der Waals surface area contributed by atoms with Gasteiger partial charge in [0.1, 0.15) is 0 Å². The van der Waals surface area contributed by atoms with Gasteiger partial charge in [0.05, 0.1) is 5.92 Å². The van der Waals surface area contributed by atoms with Crippen molar-refractivity contribution in [2.75, 3.05) is 0 Å². The molecule has 0 saturated heterocycles. The van der Waals surface area contributed by atoms with Crippen LogP contribution in [0.5, 0.6) is 0 Å². The fourth-order valence-electron chi connectivity index (χ4n) is 0.330. The summed E-state index contributed by atoms with van der Waals surface area (Å²) in [5.41, 5.74) is 7.08. The summed E-state index contributed by atoms with van der Waals surface area (Å²) < 4.78 is 0. The van der Waals surface area contributed by atoms with Gasteiger partial charge in [-0.25, -0.2) is 0 Å². The van der Waals surface area contributed by atoms with E-state index in [4.69, 9.17) is 10.6 Å². The van der Waals surface area contributed by atoms with Crippen molar-refractivity contribution in [3.8, 4) is 0 Å². The highest BCUT2D eigenvalue weighted by Gasteiger charge is 2.28. The molecule has 0 bridgehead atoms. The summed E-state index contributed by atoms with van der Waals surface area (Å²) in [7, 11) is 0. The Bertz CT molecular complexity index is 134. The van der Waals surface area contributed by atoms with Crippen LogP contribution in [0.4, 0.5) is 0 Å². The summed E-state index contributed by atoms with van der Waals surface area (Å²) in [6.07, 6.45) is 1.80. The van der Waals surface area contributed by atoms with Crippen LogP contribution in [-0.4, -0.2) is 22.6 Å². The first-order valence-corrected chi connectivity index (χ1v) is 2.55. The Morgan fingerprint density at radius 1 is 1.78 bits per heavy atom. The molecule has 0 atom stereocenters. The van der Waals surface area contributed by atoms with Crippen LogP contribution in [0.1, 0.15) is 12.8 Å². The van der Waals surface area contributed by atoms with E-state index in [1.54, 1.807) is 0 Å². The molecule has 1 fully saturated rings. The SMILES string of the molecule is C=[N+]=[N-].O=C(O)C1CC1. The van der Waals surface area contributed by atoms with Gasteiger partial charge in [-0.05, 0) is 12.8 Å². The number of hydrogen-bond donors (Lipinski definition) is 1. The van der Waals surface area contributed by atoms with Gasteiger partial charge < -0.3 is 10.6 Å². The van der Waals surface area contributed by atoms with Gasteiger partial charge in [-0.2, -0.15) is 4.79 Å². The highest BCUT2D eigenvalue weighted by molar-refractivity contribution is 5.72. The highest BCUT2D eigenvalue weighted by Crippen LogP contribution is 2.28. The molecule has 0 heterocycles. The first-order valence-electron chi connectivity index (χ1n) is 2.55. The Morgan fingerprint density at radius 2 is 2.11 bits per heavy atom. The predicted molar refractivity (Wildman–Crippen MR) is 31.1 cm³/mol. The molecule has 1 saturated carbocycles. The lowest BCUT2D eigenvalue weighted by atomic mass is 10.5. The van der Waals surface area contributed by atoms with Gasteiger partial charge in [-0.15, -0.1) is 0 Å². The van der Waals surface area contributed by atoms with Crippen LogP contribution in [0.25, 0.3) is 5.53 Å². The maximum Gasteiger partial charge on any atom is 0.306 e. The Hall–Kier alpha value is -1.15. The quantitative estimate of drug-likeness (QED) is 0.315. The van der Waals surface area contributed by atoms with Crippen LogP contribution in [0, 0.1) is 5.92 Å². The molecule has 0 aromatic rings. The summed E-state index contributed by atoms with van der Waals surface area (Å²) >= 11 is 0. The monoisotopic (exact) mass is 128 g/mol. The maximum atomic E-state index is 9.76. The first kappa shape index (κ1) is 7.85. The van der Waals surface area contributed by atoms with Crippen molar-refractivity contribution in [1.29, 1.82) is 0 Å². The van der Waals surface area contributed by atoms with E-state index in [1.165, 1.54) is 0 Å². The molecule has 0 radical (unpaired) electrons. The standard InChI is InChI=1S/C4H6O2.CH2N2/c5-4(6)3-1-2-3;1-3-2/h3H,1-2H2,(H,5,6);1H2. The van der Waals surface area contributed by atoms with Crippen LogP contribution in [0.15, 0.2) is 0 Å². The van der Waals surface area contributed by atoms with E-state index in [9.17, 15) is 4.79 Å². The summed E-state index contributed by atoms with van der Waals surface area (Å²) in [6.45, 7) is 2.67. The summed E-state index contributed by atoms with van der Waals surface area (Å²) in [5, 5.41) is 8.05. The highest BCUT2D eigenvalue weighted by atomic mass is 16.4. The van der Waals surface area contributed by atoms with E-state index in [0.29, 0.717) is 0 Å². The van der Waals surface area contributed by atoms with E-state index in [2.05, 4.69) is 11.5 Å². The molecule has 0 aromatic heterocycles. The largest absolute Gasteiger partial charge is 0.481 e. The van der Waals surface area contributed by atoms with Gasteiger partial charge in [0.15, 0.2) is 0 Å². The molecule has 9 heavy (non-hydrogen) atoms. The van der Waals surface area contributed by atoms with Crippen molar-refractivity contribution in [2.45, 2.75) is 12.8 Å². The zero-order chi connectivity index (χ0) is 7.28. The van der Waals surface area contributed by atoms with Crippen molar-refractivity contribution in [1.82, 2.24) is 0 Å². The lowest BCUT2D eigenvalue weighted by molar-refractivity contribution is -0.138. The van der Waals surface area contributed by atoms with E-state index in [0.717, 1.165) is 12.8 Å². The molecular weight excluding hydrogens is 120 g/mol. The zero-order valence-corrected chi connectivity index (χ0v) is 4.95. The molecule has 4 nitrogen and oxygen atoms in total. The zero-order valence-electron chi connectivity index (χ0n) is 4.95. The molecule has 0 aliphatic heterocycles. The number of nitrogens with zero attached hydrogens (tertiary/aromatic N) is 2. The third kappa shape index (κ3) is 4.71. The number of rotatable bonds is 1. The van der Waals surface area contributed by atoms with Crippen molar-refractivity contribution in [2.24, 2.45) is 5.92 Å². The third-order valence-electron chi connectivity index (χ3n) is 0.927. The van der Waals surface area contributed by atoms with Crippen LogP contribution in [0.3, 0.4) is 0 Å². The van der Waals surface area contributed by atoms with Crippen LogP contribution in [0.2, 0.25) is 0 Å². The third-order valence-corrected chi connectivity index (χ3v) is 0.927. The molecule has 0 amide bonds. The molecule has 1 aliphatic carbocycles. The molecule has 1 aliphatic rings. The fourth-order valence-corrected chi connectivity index (χ4v) is 0.330. The minimum Gasteiger partial charge on any atom is -0.481 e. The van der Waals surface area contributed by atoms with E-state index in [1.807, 2.05) is 0 Å². The Balaban J connectivity index is 0.000000187. The Labute approximate surface area is 52.7 Å². The van der Waals surface area contributed by atoms with Crippen LogP contribution >= 0.6 is 0 Å². The van der Waals surface area contributed by atoms with Gasteiger partial charge in [0, 0.05) is 0 Å². The van der Waals surface area contributed by atoms with Crippen molar-refractivity contribution >= 4 is 12.7 Å². The van der Waals surface area contributed by atoms with Gasteiger partial charge in [0.25, 0.3) is 0 Å². The number of carboxylic acid groups (broad SMARTS) is 1. The lowest BCUT2D eigenvalue weighted by Gasteiger charge is -1.75. The Morgan fingerprint density at radius 3 is 2.11 bits per heavy atom. The second-order valence-corrected chi connectivity index (χ2v) is 1.75. The lowest BCUT2D eigenvalue weighted by Crippen LogP contribution is -1.94. The topological polar surface area (TPSA) is 73.7 Å². The first-order chi connectivity index (χ1) is 4.22. The predicted octanol–water partition coefficient (Wildman–Crippen LogP) is 0.398. The average molecular weight is 128 g/mol. The van der Waals surface area contributed by atoms with Crippen molar-refractivity contribution in [3.63, 3.8) is 0 Å². The van der Waals surface area contributed by atoms with Gasteiger partial charge >= 0.3 is 5.97 Å². The van der Waals surface area contributed by atoms with Gasteiger partial charge in [-0.1, -0.05) is 0 Å². The summed E-state index contributed by atoms with van der Waals surface area (Å²) in [4.78, 5) is 12.0. The maximum absolute atomic E-state index is 9.76. The van der Waals surface area contributed by atoms with Gasteiger partial charge in [-0.3, -0.25) is 4.79 Å². The van der Waals surface area contributed by atoms with Crippen LogP contribution in [-0.2, 0) is 4.79 Å². The fraction of sp³-hybridized carbons (Fsp3) is 0.600. The number of aliphatic carboxylic acids is 1. The second kappa shape index (κ2) is 3.80. The Kier molecular flexibility index (Phi) is 3.32. The second-order valence-electron chi connectivity index (χ2n) is 1.75. The molecule has 50 valence electrons. The van der Waals surface area contributed by atoms with Crippen molar-refractivity contribution < 1.29 is 14.7 Å². The van der Waals surface area contributed by atoms with Crippen molar-refractivity contribution in [3.05, 3.63) is 5.53 Å². The summed E-state index contributed by atoms with van der Waals surface area (Å²) in [6, 6.07) is 0. The van der Waals surface area contributed by atoms with E-state index < -0.39 is 5.97 Å². The normalized spacial score (nSPS) is 14.7. The van der Waals surface area contributed by atoms with Crippen LogP contribution < -0.4 is 0 Å². The molecule has 1 rings (SSSR count). The molecule has 4 heteroatoms. The summed E-state index contributed by atoms with van der Waals surface area (Å²) in [5.74, 6) is -0.611. The van der Waals surface area contributed by atoms with Gasteiger partial charge in [0.2, 0.25) is 6.72 Å². The number of carboxylic acids is 1. The molecular formula is C5H8N2O2. The minimum absolute atomic E-state index is 0.0185. The van der Waals surface area contributed by atoms with E-state index in [-0.39, 0.29) is 5.92 Å². The minimum atomic E-state index is -0.630. The van der Waals surface area contributed by atoms with E-state index >= 15 is 0 Å². The molecule has 0 spiro atoms. The number of hydrogen-bond acceptors (Lipinski definition) is 1. The molecule has 1 N–H and O–H groups in total. The molecule has 0 unspecified atom stereocenters.